The third-order valence-electron chi connectivity index (χ3n) is 3.94. The molecule has 0 aromatic heterocycles. The number of carbonyl (C=O) groups excluding carboxylic acids is 1. The van der Waals surface area contributed by atoms with Crippen molar-refractivity contribution >= 4 is 27.3 Å². The lowest BCUT2D eigenvalue weighted by Gasteiger charge is -2.16. The van der Waals surface area contributed by atoms with Crippen molar-refractivity contribution in [2.45, 2.75) is 18.7 Å². The number of hydrogen-bond acceptors (Lipinski definition) is 6. The summed E-state index contributed by atoms with van der Waals surface area (Å²) < 4.78 is 25.9. The van der Waals surface area contributed by atoms with Crippen LogP contribution in [0.1, 0.15) is 18.1 Å². The van der Waals surface area contributed by atoms with Gasteiger partial charge in [0.15, 0.2) is 0 Å². The Bertz CT molecular complexity index is 999. The van der Waals surface area contributed by atoms with E-state index in [0.29, 0.717) is 11.3 Å². The van der Waals surface area contributed by atoms with Gasteiger partial charge < -0.3 is 0 Å². The first-order valence-electron chi connectivity index (χ1n) is 8.22. The second kappa shape index (κ2) is 8.72. The lowest BCUT2D eigenvalue weighted by molar-refractivity contribution is -0.384. The number of nitro groups is 1. The van der Waals surface area contributed by atoms with Crippen LogP contribution in [-0.2, 0) is 14.8 Å². The molecule has 2 aromatic carbocycles. The third kappa shape index (κ3) is 5.21. The SMILES string of the molecule is C/C(=N/NC(=O)CN(C)S(=O)(=O)c1ccc(C)cc1)c1ccc([N+](=O)[O-])cc1. The molecule has 0 aliphatic carbocycles. The highest BCUT2D eigenvalue weighted by atomic mass is 32.2. The first-order chi connectivity index (χ1) is 13.1. The molecule has 0 bridgehead atoms. The molecule has 148 valence electrons. The van der Waals surface area contributed by atoms with Crippen LogP contribution in [0.4, 0.5) is 5.69 Å². The van der Waals surface area contributed by atoms with E-state index in [9.17, 15) is 23.3 Å². The number of nitrogens with one attached hydrogen (secondary N) is 1. The van der Waals surface area contributed by atoms with Crippen molar-refractivity contribution in [3.63, 3.8) is 0 Å². The minimum atomic E-state index is -3.79. The Morgan fingerprint density at radius 1 is 1.14 bits per heavy atom. The van der Waals surface area contributed by atoms with Crippen molar-refractivity contribution in [2.75, 3.05) is 13.6 Å². The van der Waals surface area contributed by atoms with Gasteiger partial charge in [0.2, 0.25) is 10.0 Å². The zero-order valence-corrected chi connectivity index (χ0v) is 16.4. The van der Waals surface area contributed by atoms with Gasteiger partial charge in [-0.2, -0.15) is 9.41 Å². The van der Waals surface area contributed by atoms with Crippen LogP contribution in [0.25, 0.3) is 0 Å². The fourth-order valence-corrected chi connectivity index (χ4v) is 3.37. The number of amides is 1. The minimum Gasteiger partial charge on any atom is -0.272 e. The summed E-state index contributed by atoms with van der Waals surface area (Å²) in [6.45, 7) is 3.06. The molecule has 0 spiro atoms. The second-order valence-corrected chi connectivity index (χ2v) is 8.16. The molecule has 10 heteroatoms. The van der Waals surface area contributed by atoms with Crippen molar-refractivity contribution in [3.8, 4) is 0 Å². The van der Waals surface area contributed by atoms with Crippen LogP contribution in [-0.4, -0.2) is 42.9 Å². The van der Waals surface area contributed by atoms with Gasteiger partial charge in [0, 0.05) is 19.2 Å². The summed E-state index contributed by atoms with van der Waals surface area (Å²) in [5.41, 5.74) is 4.18. The quantitative estimate of drug-likeness (QED) is 0.430. The fraction of sp³-hybridized carbons (Fsp3) is 0.222. The average Bonchev–Trinajstić information content (AvgIpc) is 2.66. The van der Waals surface area contributed by atoms with E-state index in [1.807, 2.05) is 6.92 Å². The Morgan fingerprint density at radius 3 is 2.25 bits per heavy atom. The van der Waals surface area contributed by atoms with E-state index in [4.69, 9.17) is 0 Å². The van der Waals surface area contributed by atoms with E-state index in [-0.39, 0.29) is 10.6 Å². The van der Waals surface area contributed by atoms with Crippen molar-refractivity contribution in [1.82, 2.24) is 9.73 Å². The van der Waals surface area contributed by atoms with E-state index < -0.39 is 27.4 Å². The summed E-state index contributed by atoms with van der Waals surface area (Å²) >= 11 is 0. The summed E-state index contributed by atoms with van der Waals surface area (Å²) in [6.07, 6.45) is 0. The highest BCUT2D eigenvalue weighted by Gasteiger charge is 2.22. The molecule has 0 heterocycles. The van der Waals surface area contributed by atoms with Crippen molar-refractivity contribution in [3.05, 3.63) is 69.8 Å². The Kier molecular flexibility index (Phi) is 6.60. The Labute approximate surface area is 162 Å². The summed E-state index contributed by atoms with van der Waals surface area (Å²) in [6, 6.07) is 12.0. The number of likely N-dealkylation sites (N-methyl/N-ethyl adjacent to an activating group) is 1. The van der Waals surface area contributed by atoms with Gasteiger partial charge in [0.1, 0.15) is 0 Å². The molecule has 28 heavy (non-hydrogen) atoms. The Morgan fingerprint density at radius 2 is 1.71 bits per heavy atom. The largest absolute Gasteiger partial charge is 0.272 e. The average molecular weight is 404 g/mol. The molecule has 0 fully saturated rings. The summed E-state index contributed by atoms with van der Waals surface area (Å²) in [5.74, 6) is -0.612. The molecule has 0 unspecified atom stereocenters. The molecule has 1 amide bonds. The molecule has 0 aliphatic rings. The fourth-order valence-electron chi connectivity index (χ4n) is 2.25. The number of rotatable bonds is 7. The smallest absolute Gasteiger partial charge is 0.269 e. The zero-order chi connectivity index (χ0) is 20.9. The normalized spacial score (nSPS) is 12.1. The molecule has 0 radical (unpaired) electrons. The van der Waals surface area contributed by atoms with Gasteiger partial charge >= 0.3 is 0 Å². The number of hydrazone groups is 1. The highest BCUT2D eigenvalue weighted by molar-refractivity contribution is 7.89. The van der Waals surface area contributed by atoms with Crippen LogP contribution >= 0.6 is 0 Å². The van der Waals surface area contributed by atoms with E-state index in [1.165, 1.54) is 43.4 Å². The number of non-ortho nitro benzene ring substituents is 1. The molecular formula is C18H20N4O5S. The number of benzene rings is 2. The summed E-state index contributed by atoms with van der Waals surface area (Å²) in [5, 5.41) is 14.6. The van der Waals surface area contributed by atoms with E-state index >= 15 is 0 Å². The molecule has 0 atom stereocenters. The predicted octanol–water partition coefficient (Wildman–Crippen LogP) is 2.06. The maximum Gasteiger partial charge on any atom is 0.269 e. The summed E-state index contributed by atoms with van der Waals surface area (Å²) in [4.78, 5) is 22.3. The number of aryl methyl sites for hydroxylation is 1. The van der Waals surface area contributed by atoms with Gasteiger partial charge in [-0.3, -0.25) is 14.9 Å². The van der Waals surface area contributed by atoms with Crippen molar-refractivity contribution in [2.24, 2.45) is 5.10 Å². The monoisotopic (exact) mass is 404 g/mol. The molecule has 1 N–H and O–H groups in total. The Hall–Kier alpha value is -3.11. The molecule has 9 nitrogen and oxygen atoms in total. The van der Waals surface area contributed by atoms with E-state index in [0.717, 1.165) is 9.87 Å². The van der Waals surface area contributed by atoms with Gasteiger partial charge in [0.05, 0.1) is 22.1 Å². The van der Waals surface area contributed by atoms with Crippen LogP contribution in [0.5, 0.6) is 0 Å². The minimum absolute atomic E-state index is 0.0523. The molecular weight excluding hydrogens is 384 g/mol. The zero-order valence-electron chi connectivity index (χ0n) is 15.6. The molecule has 0 saturated carbocycles. The number of nitro benzene ring substituents is 1. The first-order valence-corrected chi connectivity index (χ1v) is 9.66. The Balaban J connectivity index is 2.01. The van der Waals surface area contributed by atoms with E-state index in [2.05, 4.69) is 10.5 Å². The van der Waals surface area contributed by atoms with Gasteiger partial charge in [-0.1, -0.05) is 17.7 Å². The number of nitrogens with zero attached hydrogens (tertiary/aromatic N) is 3. The molecule has 2 rings (SSSR count). The molecule has 0 aliphatic heterocycles. The van der Waals surface area contributed by atoms with Crippen LogP contribution in [0.15, 0.2) is 58.5 Å². The number of sulfonamides is 1. The van der Waals surface area contributed by atoms with Crippen LogP contribution in [0.3, 0.4) is 0 Å². The van der Waals surface area contributed by atoms with Gasteiger partial charge in [0.25, 0.3) is 11.6 Å². The highest BCUT2D eigenvalue weighted by Crippen LogP contribution is 2.15. The van der Waals surface area contributed by atoms with Crippen LogP contribution < -0.4 is 5.43 Å². The van der Waals surface area contributed by atoms with Crippen LogP contribution in [0, 0.1) is 17.0 Å². The van der Waals surface area contributed by atoms with E-state index in [1.54, 1.807) is 19.1 Å². The van der Waals surface area contributed by atoms with Crippen LogP contribution in [0.2, 0.25) is 0 Å². The van der Waals surface area contributed by atoms with Crippen molar-refractivity contribution < 1.29 is 18.1 Å². The number of carbonyl (C=O) groups is 1. The number of hydrogen-bond donors (Lipinski definition) is 1. The molecule has 2 aromatic rings. The predicted molar refractivity (Wildman–Crippen MR) is 104 cm³/mol. The summed E-state index contributed by atoms with van der Waals surface area (Å²) in [7, 11) is -2.49. The van der Waals surface area contributed by atoms with Gasteiger partial charge in [-0.05, 0) is 43.7 Å². The lowest BCUT2D eigenvalue weighted by Crippen LogP contribution is -2.36. The third-order valence-corrected chi connectivity index (χ3v) is 5.76. The van der Waals surface area contributed by atoms with Gasteiger partial charge in [-0.25, -0.2) is 13.8 Å². The first kappa shape index (κ1) is 21.2. The van der Waals surface area contributed by atoms with Crippen molar-refractivity contribution in [1.29, 1.82) is 0 Å². The second-order valence-electron chi connectivity index (χ2n) is 6.11. The maximum absolute atomic E-state index is 12.5. The lowest BCUT2D eigenvalue weighted by atomic mass is 10.1. The topological polar surface area (TPSA) is 122 Å². The standard InChI is InChI=1S/C18H20N4O5S/c1-13-4-10-17(11-5-13)28(26,27)21(3)12-18(23)20-19-14(2)15-6-8-16(9-7-15)22(24)25/h4-11H,12H2,1-3H3,(H,20,23)/b19-14-. The van der Waals surface area contributed by atoms with Gasteiger partial charge in [-0.15, -0.1) is 0 Å². The maximum atomic E-state index is 12.5. The molecule has 0 saturated heterocycles.